The van der Waals surface area contributed by atoms with E-state index in [2.05, 4.69) is 0 Å². The van der Waals surface area contributed by atoms with Crippen LogP contribution in [-0.2, 0) is 32.9 Å². The van der Waals surface area contributed by atoms with Gasteiger partial charge in [0.05, 0.1) is 18.7 Å². The first kappa shape index (κ1) is 27.4. The summed E-state index contributed by atoms with van der Waals surface area (Å²) in [5.41, 5.74) is 0.0652. The Hall–Kier alpha value is -2.64. The Labute approximate surface area is 188 Å². The van der Waals surface area contributed by atoms with Crippen molar-refractivity contribution in [2.45, 2.75) is 41.0 Å². The fourth-order valence-corrected chi connectivity index (χ4v) is 3.62. The topological polar surface area (TPSA) is 114 Å². The van der Waals surface area contributed by atoms with E-state index in [4.69, 9.17) is 23.3 Å². The van der Waals surface area contributed by atoms with Crippen LogP contribution in [0.3, 0.4) is 0 Å². The zero-order valence-corrected chi connectivity index (χ0v) is 20.2. The van der Waals surface area contributed by atoms with Gasteiger partial charge in [0.2, 0.25) is 6.79 Å². The SMILES string of the molecule is COC(=O)c1ccccc1OP(=O)(CC/C=C(\C)COC(C)=O)OCOC(=O)C(C)(C)C. The van der Waals surface area contributed by atoms with E-state index in [0.29, 0.717) is 0 Å². The summed E-state index contributed by atoms with van der Waals surface area (Å²) in [7, 11) is -2.64. The minimum atomic E-state index is -3.86. The highest BCUT2D eigenvalue weighted by molar-refractivity contribution is 7.54. The Bertz CT molecular complexity index is 884. The highest BCUT2D eigenvalue weighted by Gasteiger charge is 2.30. The van der Waals surface area contributed by atoms with Crippen LogP contribution in [0.15, 0.2) is 35.9 Å². The molecule has 9 nitrogen and oxygen atoms in total. The van der Waals surface area contributed by atoms with Crippen LogP contribution in [-0.4, -0.2) is 44.6 Å². The van der Waals surface area contributed by atoms with Crippen LogP contribution >= 0.6 is 7.60 Å². The molecule has 0 heterocycles. The fraction of sp³-hybridized carbons (Fsp3) is 0.500. The predicted molar refractivity (Wildman–Crippen MR) is 117 cm³/mol. The normalized spacial score (nSPS) is 13.6. The number of esters is 3. The summed E-state index contributed by atoms with van der Waals surface area (Å²) in [4.78, 5) is 34.9. The number of benzene rings is 1. The number of carbonyl (C=O) groups is 3. The van der Waals surface area contributed by atoms with Gasteiger partial charge in [-0.05, 0) is 51.8 Å². The van der Waals surface area contributed by atoms with E-state index in [1.54, 1.807) is 45.9 Å². The second kappa shape index (κ2) is 12.4. The predicted octanol–water partition coefficient (Wildman–Crippen LogP) is 4.51. The van der Waals surface area contributed by atoms with Gasteiger partial charge >= 0.3 is 25.5 Å². The van der Waals surface area contributed by atoms with Crippen molar-refractivity contribution >= 4 is 25.5 Å². The van der Waals surface area contributed by atoms with E-state index in [9.17, 15) is 18.9 Å². The number of hydrogen-bond donors (Lipinski definition) is 0. The molecular formula is C22H31O9P. The van der Waals surface area contributed by atoms with Gasteiger partial charge in [0.15, 0.2) is 0 Å². The maximum absolute atomic E-state index is 13.4. The molecule has 0 radical (unpaired) electrons. The van der Waals surface area contributed by atoms with Crippen molar-refractivity contribution in [3.8, 4) is 5.75 Å². The monoisotopic (exact) mass is 470 g/mol. The molecule has 178 valence electrons. The van der Waals surface area contributed by atoms with Crippen LogP contribution in [0.2, 0.25) is 0 Å². The highest BCUT2D eigenvalue weighted by atomic mass is 31.2. The molecule has 1 unspecified atom stereocenters. The van der Waals surface area contributed by atoms with E-state index in [0.717, 1.165) is 5.57 Å². The van der Waals surface area contributed by atoms with Crippen LogP contribution in [0, 0.1) is 5.41 Å². The standard InChI is InChI=1S/C22H31O9P/c1-16(14-28-17(2)23)10-9-13-32(26,30-15-29-21(25)22(3,4)5)31-19-12-8-7-11-18(19)20(24)27-6/h7-8,10-12H,9,13-15H2,1-6H3/b16-10+. The number of allylic oxidation sites excluding steroid dienone is 1. The molecule has 0 aromatic heterocycles. The molecule has 1 aromatic rings. The second-order valence-corrected chi connectivity index (χ2v) is 10.1. The lowest BCUT2D eigenvalue weighted by Gasteiger charge is -2.22. The summed E-state index contributed by atoms with van der Waals surface area (Å²) < 4.78 is 39.1. The quantitative estimate of drug-likeness (QED) is 0.151. The first-order valence-corrected chi connectivity index (χ1v) is 11.7. The van der Waals surface area contributed by atoms with Crippen LogP contribution in [0.25, 0.3) is 0 Å². The van der Waals surface area contributed by atoms with Crippen molar-refractivity contribution in [1.82, 2.24) is 0 Å². The van der Waals surface area contributed by atoms with Gasteiger partial charge in [-0.25, -0.2) is 9.36 Å². The van der Waals surface area contributed by atoms with Gasteiger partial charge in [0.25, 0.3) is 0 Å². The van der Waals surface area contributed by atoms with Crippen molar-refractivity contribution < 1.29 is 42.2 Å². The van der Waals surface area contributed by atoms with Gasteiger partial charge < -0.3 is 18.7 Å². The molecule has 0 aliphatic heterocycles. The van der Waals surface area contributed by atoms with Crippen LogP contribution in [0.4, 0.5) is 0 Å². The molecule has 0 N–H and O–H groups in total. The van der Waals surface area contributed by atoms with E-state index >= 15 is 0 Å². The summed E-state index contributed by atoms with van der Waals surface area (Å²) in [6.45, 7) is 7.62. The Balaban J connectivity index is 2.99. The van der Waals surface area contributed by atoms with Crippen molar-refractivity contribution in [1.29, 1.82) is 0 Å². The molecule has 0 aliphatic carbocycles. The smallest absolute Gasteiger partial charge is 0.382 e. The molecule has 10 heteroatoms. The third-order valence-electron chi connectivity index (χ3n) is 3.98. The van der Waals surface area contributed by atoms with Gasteiger partial charge in [-0.3, -0.25) is 14.1 Å². The third-order valence-corrected chi connectivity index (χ3v) is 5.76. The summed E-state index contributed by atoms with van der Waals surface area (Å²) in [6, 6.07) is 6.14. The maximum atomic E-state index is 13.4. The molecular weight excluding hydrogens is 439 g/mol. The van der Waals surface area contributed by atoms with Gasteiger partial charge in [-0.15, -0.1) is 0 Å². The molecule has 0 saturated heterocycles. The van der Waals surface area contributed by atoms with Gasteiger partial charge in [-0.2, -0.15) is 0 Å². The minimum Gasteiger partial charge on any atom is -0.465 e. The summed E-state index contributed by atoms with van der Waals surface area (Å²) in [6.07, 6.45) is 1.92. The zero-order valence-electron chi connectivity index (χ0n) is 19.3. The van der Waals surface area contributed by atoms with E-state index in [1.807, 2.05) is 0 Å². The Morgan fingerprint density at radius 2 is 1.72 bits per heavy atom. The number of hydrogen-bond acceptors (Lipinski definition) is 9. The van der Waals surface area contributed by atoms with Crippen LogP contribution < -0.4 is 4.52 Å². The average molecular weight is 470 g/mol. The number of rotatable bonds is 11. The van der Waals surface area contributed by atoms with E-state index < -0.39 is 37.7 Å². The zero-order chi connectivity index (χ0) is 24.4. The largest absolute Gasteiger partial charge is 0.465 e. The second-order valence-electron chi connectivity index (χ2n) is 7.96. The van der Waals surface area contributed by atoms with Crippen molar-refractivity contribution in [3.63, 3.8) is 0 Å². The van der Waals surface area contributed by atoms with E-state index in [-0.39, 0.29) is 30.5 Å². The molecule has 0 aliphatic rings. The summed E-state index contributed by atoms with van der Waals surface area (Å²) in [5, 5.41) is 0. The van der Waals surface area contributed by atoms with Crippen molar-refractivity contribution in [2.24, 2.45) is 5.41 Å². The van der Waals surface area contributed by atoms with Crippen molar-refractivity contribution in [3.05, 3.63) is 41.5 Å². The summed E-state index contributed by atoms with van der Waals surface area (Å²) in [5.74, 6) is -1.58. The lowest BCUT2D eigenvalue weighted by atomic mass is 9.98. The Morgan fingerprint density at radius 1 is 1.06 bits per heavy atom. The third kappa shape index (κ3) is 9.66. The lowest BCUT2D eigenvalue weighted by molar-refractivity contribution is -0.159. The molecule has 32 heavy (non-hydrogen) atoms. The van der Waals surface area contributed by atoms with Crippen LogP contribution in [0.1, 0.15) is 51.4 Å². The Morgan fingerprint density at radius 3 is 2.31 bits per heavy atom. The average Bonchev–Trinajstić information content (AvgIpc) is 2.71. The Kier molecular flexibility index (Phi) is 10.6. The molecule has 0 spiro atoms. The first-order chi connectivity index (χ1) is 14.9. The van der Waals surface area contributed by atoms with Crippen molar-refractivity contribution in [2.75, 3.05) is 26.7 Å². The lowest BCUT2D eigenvalue weighted by Crippen LogP contribution is -2.24. The number of ether oxygens (including phenoxy) is 3. The molecule has 0 amide bonds. The van der Waals surface area contributed by atoms with E-state index in [1.165, 1.54) is 26.2 Å². The number of methoxy groups -OCH3 is 1. The van der Waals surface area contributed by atoms with Gasteiger partial charge in [0.1, 0.15) is 17.9 Å². The first-order valence-electron chi connectivity index (χ1n) is 9.94. The number of carbonyl (C=O) groups excluding carboxylic acids is 3. The van der Waals surface area contributed by atoms with Crippen LogP contribution in [0.5, 0.6) is 5.75 Å². The maximum Gasteiger partial charge on any atom is 0.382 e. The molecule has 0 saturated carbocycles. The fourth-order valence-electron chi connectivity index (χ4n) is 2.23. The molecule has 1 atom stereocenters. The summed E-state index contributed by atoms with van der Waals surface area (Å²) >= 11 is 0. The molecule has 1 rings (SSSR count). The van der Waals surface area contributed by atoms with Gasteiger partial charge in [-0.1, -0.05) is 18.2 Å². The highest BCUT2D eigenvalue weighted by Crippen LogP contribution is 2.49. The molecule has 1 aromatic carbocycles. The number of para-hydroxylation sites is 1. The van der Waals surface area contributed by atoms with Gasteiger partial charge in [0, 0.05) is 6.92 Å². The molecule has 0 fully saturated rings. The molecule has 0 bridgehead atoms. The minimum absolute atomic E-state index is 0.0189.